The van der Waals surface area contributed by atoms with Crippen molar-refractivity contribution < 1.29 is 4.39 Å². The number of hydrogen-bond donors (Lipinski definition) is 0. The van der Waals surface area contributed by atoms with Gasteiger partial charge >= 0.3 is 0 Å². The molecule has 18 heavy (non-hydrogen) atoms. The summed E-state index contributed by atoms with van der Waals surface area (Å²) in [6.07, 6.45) is 2.18. The molecule has 0 aliphatic rings. The zero-order valence-electron chi connectivity index (χ0n) is 12.0. The molecule has 0 fully saturated rings. The monoisotopic (exact) mass is 262 g/mol. The van der Waals surface area contributed by atoms with E-state index < -0.39 is 14.1 Å². The average molecular weight is 262 g/mol. The minimum absolute atomic E-state index is 0.162. The molecular formula is C16H24AlF. The van der Waals surface area contributed by atoms with Gasteiger partial charge in [0.1, 0.15) is 5.82 Å². The van der Waals surface area contributed by atoms with Gasteiger partial charge in [-0.15, -0.1) is 4.94 Å². The maximum atomic E-state index is 12.8. The molecule has 0 radical (unpaired) electrons. The van der Waals surface area contributed by atoms with Crippen LogP contribution in [-0.2, 0) is 0 Å². The summed E-state index contributed by atoms with van der Waals surface area (Å²) in [6.45, 7) is 9.19. The van der Waals surface area contributed by atoms with Gasteiger partial charge in [-0.2, -0.15) is 0 Å². The molecule has 1 aromatic rings. The van der Waals surface area contributed by atoms with Gasteiger partial charge in [0, 0.05) is 0 Å². The summed E-state index contributed by atoms with van der Waals surface area (Å²) >= 11 is -0.806. The highest BCUT2D eigenvalue weighted by molar-refractivity contribution is 6.65. The summed E-state index contributed by atoms with van der Waals surface area (Å²) in [6, 6.07) is 6.76. The SMILES string of the molecule is CC(C)[CH2][Al](/[CH]=C/c1ccc(F)cc1)[CH2]C(C)C. The molecule has 0 saturated heterocycles. The third kappa shape index (κ3) is 6.38. The Labute approximate surface area is 115 Å². The first kappa shape index (κ1) is 15.5. The van der Waals surface area contributed by atoms with Gasteiger partial charge in [-0.3, -0.25) is 0 Å². The van der Waals surface area contributed by atoms with Crippen molar-refractivity contribution in [1.29, 1.82) is 0 Å². The van der Waals surface area contributed by atoms with Crippen LogP contribution in [0.25, 0.3) is 6.08 Å². The Morgan fingerprint density at radius 3 is 1.94 bits per heavy atom. The molecule has 0 bridgehead atoms. The molecule has 0 saturated carbocycles. The zero-order chi connectivity index (χ0) is 13.5. The van der Waals surface area contributed by atoms with Gasteiger partial charge in [0.15, 0.2) is 0 Å². The molecule has 0 amide bonds. The van der Waals surface area contributed by atoms with Crippen molar-refractivity contribution in [2.24, 2.45) is 11.8 Å². The minimum Gasteiger partial charge on any atom is -0.207 e. The molecule has 0 unspecified atom stereocenters. The van der Waals surface area contributed by atoms with Crippen LogP contribution in [0.4, 0.5) is 4.39 Å². The Kier molecular flexibility index (Phi) is 6.68. The van der Waals surface area contributed by atoms with E-state index in [1.807, 2.05) is 12.1 Å². The summed E-state index contributed by atoms with van der Waals surface area (Å²) in [5.41, 5.74) is 1.11. The van der Waals surface area contributed by atoms with E-state index >= 15 is 0 Å². The molecule has 1 rings (SSSR count). The molecular weight excluding hydrogens is 238 g/mol. The van der Waals surface area contributed by atoms with E-state index in [1.54, 1.807) is 0 Å². The summed E-state index contributed by atoms with van der Waals surface area (Å²) < 4.78 is 12.8. The van der Waals surface area contributed by atoms with Crippen LogP contribution in [0.1, 0.15) is 33.3 Å². The van der Waals surface area contributed by atoms with Gasteiger partial charge in [-0.1, -0.05) is 68.3 Å². The highest BCUT2D eigenvalue weighted by Gasteiger charge is 2.16. The fourth-order valence-corrected chi connectivity index (χ4v) is 5.71. The lowest BCUT2D eigenvalue weighted by Crippen LogP contribution is -2.14. The van der Waals surface area contributed by atoms with E-state index in [2.05, 4.69) is 38.7 Å². The molecule has 1 aromatic carbocycles. The van der Waals surface area contributed by atoms with E-state index in [-0.39, 0.29) is 5.82 Å². The first-order chi connectivity index (χ1) is 8.47. The first-order valence-electron chi connectivity index (χ1n) is 6.91. The van der Waals surface area contributed by atoms with Crippen molar-refractivity contribution in [3.05, 3.63) is 40.6 Å². The maximum Gasteiger partial charge on any atom is 0.295 e. The standard InChI is InChI=1S/C8H6F.2C4H9.Al/c1-2-7-3-5-8(9)6-4-7;2*1-4(2)3;/h1-6H;2*4H,1H2,2-3H3;. The Bertz CT molecular complexity index is 355. The highest BCUT2D eigenvalue weighted by Crippen LogP contribution is 2.16. The van der Waals surface area contributed by atoms with E-state index in [1.165, 1.54) is 22.7 Å². The van der Waals surface area contributed by atoms with Crippen molar-refractivity contribution in [2.75, 3.05) is 0 Å². The topological polar surface area (TPSA) is 0 Å². The lowest BCUT2D eigenvalue weighted by atomic mass is 10.2. The summed E-state index contributed by atoms with van der Waals surface area (Å²) in [4.78, 5) is 2.42. The molecule has 0 spiro atoms. The van der Waals surface area contributed by atoms with Crippen molar-refractivity contribution >= 4 is 20.2 Å². The normalized spacial score (nSPS) is 11.7. The van der Waals surface area contributed by atoms with Crippen molar-refractivity contribution in [1.82, 2.24) is 0 Å². The fourth-order valence-electron chi connectivity index (χ4n) is 2.29. The third-order valence-corrected chi connectivity index (χ3v) is 6.81. The molecule has 0 atom stereocenters. The molecule has 98 valence electrons. The largest absolute Gasteiger partial charge is 0.295 e. The van der Waals surface area contributed by atoms with E-state index in [4.69, 9.17) is 0 Å². The van der Waals surface area contributed by atoms with Crippen LogP contribution in [-0.4, -0.2) is 14.1 Å². The van der Waals surface area contributed by atoms with Crippen LogP contribution < -0.4 is 0 Å². The van der Waals surface area contributed by atoms with Crippen LogP contribution in [0.3, 0.4) is 0 Å². The summed E-state index contributed by atoms with van der Waals surface area (Å²) in [5, 5.41) is 2.71. The van der Waals surface area contributed by atoms with Crippen LogP contribution in [0.5, 0.6) is 0 Å². The van der Waals surface area contributed by atoms with Gasteiger partial charge < -0.3 is 0 Å². The quantitative estimate of drug-likeness (QED) is 0.619. The van der Waals surface area contributed by atoms with Gasteiger partial charge in [0.2, 0.25) is 0 Å². The highest BCUT2D eigenvalue weighted by atomic mass is 27.2. The van der Waals surface area contributed by atoms with Crippen molar-refractivity contribution in [3.63, 3.8) is 0 Å². The predicted molar refractivity (Wildman–Crippen MR) is 80.5 cm³/mol. The van der Waals surface area contributed by atoms with Gasteiger partial charge in [-0.05, 0) is 17.7 Å². The Hall–Kier alpha value is -0.578. The Morgan fingerprint density at radius 2 is 1.50 bits per heavy atom. The van der Waals surface area contributed by atoms with Gasteiger partial charge in [0.25, 0.3) is 14.1 Å². The zero-order valence-corrected chi connectivity index (χ0v) is 13.1. The summed E-state index contributed by atoms with van der Waals surface area (Å²) in [5.74, 6) is 1.39. The molecule has 0 aliphatic heterocycles. The van der Waals surface area contributed by atoms with Gasteiger partial charge in [0.05, 0.1) is 0 Å². The number of halogens is 1. The Balaban J connectivity index is 2.66. The molecule has 2 heteroatoms. The second kappa shape index (κ2) is 7.77. The minimum atomic E-state index is -0.806. The lowest BCUT2D eigenvalue weighted by Gasteiger charge is -2.12. The van der Waals surface area contributed by atoms with Crippen LogP contribution in [0.15, 0.2) is 29.2 Å². The van der Waals surface area contributed by atoms with Crippen molar-refractivity contribution in [2.45, 2.75) is 38.3 Å². The lowest BCUT2D eigenvalue weighted by molar-refractivity contribution is 0.628. The first-order valence-corrected chi connectivity index (χ1v) is 9.21. The smallest absolute Gasteiger partial charge is 0.207 e. The Morgan fingerprint density at radius 1 is 1.00 bits per heavy atom. The van der Waals surface area contributed by atoms with Crippen molar-refractivity contribution in [3.8, 4) is 0 Å². The molecule has 0 aliphatic carbocycles. The second-order valence-electron chi connectivity index (χ2n) is 5.93. The van der Waals surface area contributed by atoms with Gasteiger partial charge in [-0.25, -0.2) is 4.39 Å². The van der Waals surface area contributed by atoms with Crippen LogP contribution in [0, 0.1) is 17.7 Å². The number of benzene rings is 1. The maximum absolute atomic E-state index is 12.8. The molecule has 0 heterocycles. The number of hydrogen-bond acceptors (Lipinski definition) is 0. The average Bonchev–Trinajstić information content (AvgIpc) is 2.26. The molecule has 0 nitrogen and oxygen atoms in total. The van der Waals surface area contributed by atoms with Crippen LogP contribution >= 0.6 is 0 Å². The van der Waals surface area contributed by atoms with E-state index in [9.17, 15) is 4.39 Å². The molecule has 0 aromatic heterocycles. The summed E-state index contributed by atoms with van der Waals surface area (Å²) in [7, 11) is 0. The van der Waals surface area contributed by atoms with Crippen LogP contribution in [0.2, 0.25) is 10.6 Å². The third-order valence-electron chi connectivity index (χ3n) is 2.98. The number of rotatable bonds is 6. The van der Waals surface area contributed by atoms with E-state index in [0.717, 1.165) is 17.4 Å². The second-order valence-corrected chi connectivity index (χ2v) is 8.78. The fraction of sp³-hybridized carbons (Fsp3) is 0.500. The molecule has 0 N–H and O–H groups in total. The predicted octanol–water partition coefficient (Wildman–Crippen LogP) is 5.18. The van der Waals surface area contributed by atoms with E-state index in [0.29, 0.717) is 0 Å².